The highest BCUT2D eigenvalue weighted by Crippen LogP contribution is 2.17. The summed E-state index contributed by atoms with van der Waals surface area (Å²) in [4.78, 5) is 26.6. The van der Waals surface area contributed by atoms with Crippen molar-refractivity contribution in [1.82, 2.24) is 0 Å². The molecule has 10 heteroatoms. The molecule has 2 aromatic rings. The Morgan fingerprint density at radius 2 is 2.00 bits per heavy atom. The number of anilines is 1. The molecule has 0 bridgehead atoms. The lowest BCUT2D eigenvalue weighted by Crippen LogP contribution is -2.17. The predicted molar refractivity (Wildman–Crippen MR) is 88.3 cm³/mol. The van der Waals surface area contributed by atoms with Gasteiger partial charge in [-0.15, -0.1) is 0 Å². The van der Waals surface area contributed by atoms with E-state index in [1.54, 1.807) is 0 Å². The number of ether oxygens (including phenoxy) is 1. The SMILES string of the molecule is O=C(CO/N=C\c1ccc(OC(F)F)cc1)Nc1cccc([N+](=O)[O-])c1. The lowest BCUT2D eigenvalue weighted by Gasteiger charge is -2.04. The van der Waals surface area contributed by atoms with Crippen LogP contribution in [0.2, 0.25) is 0 Å². The zero-order valence-corrected chi connectivity index (χ0v) is 13.2. The molecule has 0 aliphatic heterocycles. The number of oxime groups is 1. The van der Waals surface area contributed by atoms with Gasteiger partial charge in [-0.25, -0.2) is 0 Å². The van der Waals surface area contributed by atoms with Crippen LogP contribution in [0.3, 0.4) is 0 Å². The van der Waals surface area contributed by atoms with Crippen LogP contribution < -0.4 is 10.1 Å². The first-order valence-corrected chi connectivity index (χ1v) is 7.18. The quantitative estimate of drug-likeness (QED) is 0.440. The van der Waals surface area contributed by atoms with Gasteiger partial charge in [0.2, 0.25) is 0 Å². The monoisotopic (exact) mass is 365 g/mol. The summed E-state index contributed by atoms with van der Waals surface area (Å²) in [5.74, 6) is -0.544. The molecule has 8 nitrogen and oxygen atoms in total. The standard InChI is InChI=1S/C16H13F2N3O5/c17-16(18)26-14-6-4-11(5-7-14)9-19-25-10-15(22)20-12-2-1-3-13(8-12)21(23)24/h1-9,16H,10H2,(H,20,22)/b19-9-. The zero-order valence-electron chi connectivity index (χ0n) is 13.2. The van der Waals surface area contributed by atoms with Gasteiger partial charge in [0.25, 0.3) is 11.6 Å². The summed E-state index contributed by atoms with van der Waals surface area (Å²) in [6.07, 6.45) is 1.28. The van der Waals surface area contributed by atoms with E-state index < -0.39 is 24.0 Å². The zero-order chi connectivity index (χ0) is 18.9. The van der Waals surface area contributed by atoms with Crippen molar-refractivity contribution in [2.75, 3.05) is 11.9 Å². The van der Waals surface area contributed by atoms with Gasteiger partial charge >= 0.3 is 6.61 Å². The Bertz CT molecular complexity index is 797. The number of non-ortho nitro benzene ring substituents is 1. The maximum Gasteiger partial charge on any atom is 0.387 e. The molecule has 0 saturated heterocycles. The Labute approximate surface area is 146 Å². The Kier molecular flexibility index (Phi) is 6.54. The molecule has 0 spiro atoms. The van der Waals surface area contributed by atoms with Gasteiger partial charge < -0.3 is 14.9 Å². The maximum atomic E-state index is 12.0. The first kappa shape index (κ1) is 18.8. The molecule has 0 saturated carbocycles. The van der Waals surface area contributed by atoms with Crippen LogP contribution in [0.4, 0.5) is 20.2 Å². The number of rotatable bonds is 8. The topological polar surface area (TPSA) is 103 Å². The second-order valence-corrected chi connectivity index (χ2v) is 4.81. The highest BCUT2D eigenvalue weighted by molar-refractivity contribution is 5.92. The Balaban J connectivity index is 1.79. The van der Waals surface area contributed by atoms with Crippen LogP contribution in [0.25, 0.3) is 0 Å². The first-order chi connectivity index (χ1) is 12.4. The smallest absolute Gasteiger partial charge is 0.387 e. The fourth-order valence-corrected chi connectivity index (χ4v) is 1.82. The summed E-state index contributed by atoms with van der Waals surface area (Å²) >= 11 is 0. The highest BCUT2D eigenvalue weighted by Gasteiger charge is 2.08. The Morgan fingerprint density at radius 1 is 1.27 bits per heavy atom. The average Bonchev–Trinajstić information content (AvgIpc) is 2.60. The van der Waals surface area contributed by atoms with Gasteiger partial charge in [0.15, 0.2) is 6.61 Å². The van der Waals surface area contributed by atoms with E-state index in [2.05, 4.69) is 15.2 Å². The molecule has 0 aliphatic rings. The fraction of sp³-hybridized carbons (Fsp3) is 0.125. The number of alkyl halides is 2. The largest absolute Gasteiger partial charge is 0.435 e. The van der Waals surface area contributed by atoms with Crippen molar-refractivity contribution in [3.05, 3.63) is 64.2 Å². The summed E-state index contributed by atoms with van der Waals surface area (Å²) in [6.45, 7) is -3.31. The highest BCUT2D eigenvalue weighted by atomic mass is 19.3. The molecule has 2 aromatic carbocycles. The number of hydrogen-bond acceptors (Lipinski definition) is 6. The fourth-order valence-electron chi connectivity index (χ4n) is 1.82. The van der Waals surface area contributed by atoms with Crippen molar-refractivity contribution in [2.45, 2.75) is 6.61 Å². The van der Waals surface area contributed by atoms with Crippen LogP contribution in [0, 0.1) is 10.1 Å². The molecule has 0 unspecified atom stereocenters. The third-order valence-electron chi connectivity index (χ3n) is 2.92. The number of nitrogens with one attached hydrogen (secondary N) is 1. The van der Waals surface area contributed by atoms with E-state index in [0.29, 0.717) is 5.56 Å². The third-order valence-corrected chi connectivity index (χ3v) is 2.92. The third kappa shape index (κ3) is 6.15. The van der Waals surface area contributed by atoms with Gasteiger partial charge in [-0.2, -0.15) is 8.78 Å². The average molecular weight is 365 g/mol. The van der Waals surface area contributed by atoms with Crippen molar-refractivity contribution in [3.63, 3.8) is 0 Å². The molecular formula is C16H13F2N3O5. The lowest BCUT2D eigenvalue weighted by atomic mass is 10.2. The van der Waals surface area contributed by atoms with Crippen LogP contribution in [0.5, 0.6) is 5.75 Å². The Hall–Kier alpha value is -3.56. The molecule has 0 heterocycles. The summed E-state index contributed by atoms with van der Waals surface area (Å²) in [6, 6.07) is 11.1. The number of nitro groups is 1. The van der Waals surface area contributed by atoms with E-state index in [0.717, 1.165) is 0 Å². The number of benzene rings is 2. The molecule has 136 valence electrons. The van der Waals surface area contributed by atoms with Gasteiger partial charge in [0, 0.05) is 17.8 Å². The van der Waals surface area contributed by atoms with Crippen LogP contribution in [0.1, 0.15) is 5.56 Å². The van der Waals surface area contributed by atoms with E-state index >= 15 is 0 Å². The Morgan fingerprint density at radius 3 is 2.65 bits per heavy atom. The van der Waals surface area contributed by atoms with Gasteiger partial charge in [-0.05, 0) is 35.9 Å². The molecule has 1 N–H and O–H groups in total. The van der Waals surface area contributed by atoms with Crippen molar-refractivity contribution in [1.29, 1.82) is 0 Å². The van der Waals surface area contributed by atoms with Gasteiger partial charge in [-0.3, -0.25) is 14.9 Å². The number of halogens is 2. The molecule has 0 aliphatic carbocycles. The van der Waals surface area contributed by atoms with Crippen LogP contribution in [0.15, 0.2) is 53.7 Å². The molecule has 0 radical (unpaired) electrons. The van der Waals surface area contributed by atoms with E-state index in [4.69, 9.17) is 4.84 Å². The van der Waals surface area contributed by atoms with E-state index in [1.165, 1.54) is 54.7 Å². The van der Waals surface area contributed by atoms with Crippen molar-refractivity contribution in [3.8, 4) is 5.75 Å². The molecule has 26 heavy (non-hydrogen) atoms. The summed E-state index contributed by atoms with van der Waals surface area (Å²) in [5.41, 5.74) is 0.651. The molecule has 0 atom stereocenters. The summed E-state index contributed by atoms with van der Waals surface area (Å²) < 4.78 is 28.2. The van der Waals surface area contributed by atoms with E-state index in [1.807, 2.05) is 0 Å². The van der Waals surface area contributed by atoms with Gasteiger partial charge in [0.1, 0.15) is 5.75 Å². The second kappa shape index (κ2) is 9.06. The van der Waals surface area contributed by atoms with Crippen molar-refractivity contribution in [2.24, 2.45) is 5.16 Å². The first-order valence-electron chi connectivity index (χ1n) is 7.18. The predicted octanol–water partition coefficient (Wildman–Crippen LogP) is 3.19. The van der Waals surface area contributed by atoms with Gasteiger partial charge in [0.05, 0.1) is 11.1 Å². The number of hydrogen-bond donors (Lipinski definition) is 1. The van der Waals surface area contributed by atoms with Gasteiger partial charge in [-0.1, -0.05) is 11.2 Å². The number of carbonyl (C=O) groups is 1. The number of carbonyl (C=O) groups excluding carboxylic acids is 1. The normalized spacial score (nSPS) is 10.7. The summed E-state index contributed by atoms with van der Waals surface area (Å²) in [5, 5.41) is 16.7. The molecule has 2 rings (SSSR count). The summed E-state index contributed by atoms with van der Waals surface area (Å²) in [7, 11) is 0. The van der Waals surface area contributed by atoms with Crippen molar-refractivity contribution < 1.29 is 28.1 Å². The number of amides is 1. The minimum Gasteiger partial charge on any atom is -0.435 e. The minimum absolute atomic E-state index is 0.00870. The molecule has 1 amide bonds. The van der Waals surface area contributed by atoms with E-state index in [9.17, 15) is 23.7 Å². The maximum absolute atomic E-state index is 12.0. The number of nitrogens with zero attached hydrogens (tertiary/aromatic N) is 2. The molecule has 0 fully saturated rings. The minimum atomic E-state index is -2.90. The molecular weight excluding hydrogens is 352 g/mol. The van der Waals surface area contributed by atoms with Crippen LogP contribution >= 0.6 is 0 Å². The molecule has 0 aromatic heterocycles. The van der Waals surface area contributed by atoms with E-state index in [-0.39, 0.29) is 17.1 Å². The van der Waals surface area contributed by atoms with Crippen molar-refractivity contribution >= 4 is 23.5 Å². The number of nitro benzene ring substituents is 1. The lowest BCUT2D eigenvalue weighted by molar-refractivity contribution is -0.384. The van der Waals surface area contributed by atoms with Crippen LogP contribution in [-0.4, -0.2) is 30.3 Å². The van der Waals surface area contributed by atoms with Crippen LogP contribution in [-0.2, 0) is 9.63 Å². The second-order valence-electron chi connectivity index (χ2n) is 4.81.